The smallest absolute Gasteiger partial charge is 0.333 e. The maximum Gasteiger partial charge on any atom is 0.333 e. The number of nitrogens with zero attached hydrogens (tertiary/aromatic N) is 6. The van der Waals surface area contributed by atoms with E-state index in [0.29, 0.717) is 16.0 Å². The predicted molar refractivity (Wildman–Crippen MR) is 145 cm³/mol. The summed E-state index contributed by atoms with van der Waals surface area (Å²) in [6.07, 6.45) is 0. The summed E-state index contributed by atoms with van der Waals surface area (Å²) in [6.45, 7) is 13.7. The third kappa shape index (κ3) is 7.71. The van der Waals surface area contributed by atoms with Gasteiger partial charge in [0.15, 0.2) is 10.8 Å². The molecule has 0 aliphatic carbocycles. The summed E-state index contributed by atoms with van der Waals surface area (Å²) in [6, 6.07) is 6.16. The van der Waals surface area contributed by atoms with Gasteiger partial charge in [-0.2, -0.15) is 15.8 Å². The lowest BCUT2D eigenvalue weighted by Gasteiger charge is -2.15. The highest BCUT2D eigenvalue weighted by Crippen LogP contribution is 2.38. The van der Waals surface area contributed by atoms with Crippen LogP contribution in [0.25, 0.3) is 0 Å². The summed E-state index contributed by atoms with van der Waals surface area (Å²) in [4.78, 5) is 28.1. The molecule has 0 fully saturated rings. The minimum absolute atomic E-state index is 0.00312. The van der Waals surface area contributed by atoms with Gasteiger partial charge in [0, 0.05) is 16.7 Å². The number of azo groups is 1. The fourth-order valence-electron chi connectivity index (χ4n) is 2.98. The van der Waals surface area contributed by atoms with Crippen LogP contribution in [0.1, 0.15) is 41.0 Å². The van der Waals surface area contributed by atoms with E-state index in [2.05, 4.69) is 45.1 Å². The Balaban J connectivity index is 2.43. The van der Waals surface area contributed by atoms with Gasteiger partial charge in [0.2, 0.25) is 0 Å². The molecule has 0 amide bonds. The van der Waals surface area contributed by atoms with Gasteiger partial charge in [-0.15, -0.1) is 21.6 Å². The first-order chi connectivity index (χ1) is 18.5. The first kappa shape index (κ1) is 30.2. The summed E-state index contributed by atoms with van der Waals surface area (Å²) in [5.41, 5.74) is 2.07. The molecule has 39 heavy (non-hydrogen) atoms. The van der Waals surface area contributed by atoms with Crippen molar-refractivity contribution < 1.29 is 19.1 Å². The first-order valence-electron chi connectivity index (χ1n) is 11.5. The summed E-state index contributed by atoms with van der Waals surface area (Å²) in [5.74, 6) is -0.657. The molecule has 0 aliphatic rings. The Hall–Kier alpha value is -5.06. The number of rotatable bonds is 12. The minimum atomic E-state index is -0.544. The number of carbonyl (C=O) groups excluding carboxylic acids is 2. The molecule has 0 saturated carbocycles. The summed E-state index contributed by atoms with van der Waals surface area (Å²) < 4.78 is 10.2. The molecular weight excluding hydrogens is 520 g/mol. The van der Waals surface area contributed by atoms with Crippen LogP contribution in [-0.2, 0) is 19.1 Å². The van der Waals surface area contributed by atoms with E-state index in [-0.39, 0.29) is 70.9 Å². The molecule has 0 bridgehead atoms. The van der Waals surface area contributed by atoms with Crippen molar-refractivity contribution in [3.63, 3.8) is 0 Å². The number of hydrogen-bond donors (Lipinski definition) is 2. The number of nitriles is 3. The van der Waals surface area contributed by atoms with Gasteiger partial charge in [-0.1, -0.05) is 13.2 Å². The third-order valence-corrected chi connectivity index (χ3v) is 6.14. The lowest BCUT2D eigenvalue weighted by atomic mass is 10.1. The van der Waals surface area contributed by atoms with Crippen LogP contribution in [0.15, 0.2) is 34.5 Å². The highest BCUT2D eigenvalue weighted by atomic mass is 32.1. The van der Waals surface area contributed by atoms with E-state index in [1.54, 1.807) is 13.8 Å². The van der Waals surface area contributed by atoms with Gasteiger partial charge in [-0.25, -0.2) is 14.6 Å². The molecule has 2 aromatic rings. The minimum Gasteiger partial charge on any atom is -0.460 e. The number of carbonyl (C=O) groups is 2. The summed E-state index contributed by atoms with van der Waals surface area (Å²) in [7, 11) is 0. The van der Waals surface area contributed by atoms with Crippen LogP contribution in [0.2, 0.25) is 0 Å². The fraction of sp³-hybridized carbons (Fsp3) is 0.308. The van der Waals surface area contributed by atoms with Gasteiger partial charge >= 0.3 is 11.9 Å². The first-order valence-corrected chi connectivity index (χ1v) is 12.3. The number of hydrogen-bond acceptors (Lipinski definition) is 13. The van der Waals surface area contributed by atoms with Crippen LogP contribution in [0.4, 0.5) is 22.3 Å². The SMILES string of the molecule is C=C(C)C(=O)OCCNc1nc(NCCOC(=O)C(=C)C)c(/N=N/c2sc(C#N)c(C)c2C#N)c(C)c1C#N. The fourth-order valence-corrected chi connectivity index (χ4v) is 3.86. The molecular formula is C26H26N8O4S. The van der Waals surface area contributed by atoms with Gasteiger partial charge in [0.1, 0.15) is 47.8 Å². The van der Waals surface area contributed by atoms with E-state index in [4.69, 9.17) is 9.47 Å². The normalized spacial score (nSPS) is 10.2. The van der Waals surface area contributed by atoms with Crippen LogP contribution >= 0.6 is 11.3 Å². The van der Waals surface area contributed by atoms with Crippen molar-refractivity contribution >= 4 is 45.6 Å². The highest BCUT2D eigenvalue weighted by Gasteiger charge is 2.19. The number of ether oxygens (including phenoxy) is 2. The topological polar surface area (TPSA) is 186 Å². The molecule has 0 radical (unpaired) electrons. The number of aromatic nitrogens is 1. The largest absolute Gasteiger partial charge is 0.460 e. The van der Waals surface area contributed by atoms with Gasteiger partial charge in [-0.3, -0.25) is 0 Å². The molecule has 2 heterocycles. The molecule has 2 rings (SSSR count). The van der Waals surface area contributed by atoms with Gasteiger partial charge < -0.3 is 20.1 Å². The number of nitrogens with one attached hydrogen (secondary N) is 2. The molecule has 0 aliphatic heterocycles. The second-order valence-electron chi connectivity index (χ2n) is 8.12. The molecule has 0 unspecified atom stereocenters. The number of anilines is 2. The van der Waals surface area contributed by atoms with E-state index in [1.807, 2.05) is 12.1 Å². The second kappa shape index (κ2) is 14.0. The Morgan fingerprint density at radius 3 is 1.90 bits per heavy atom. The Labute approximate surface area is 229 Å². The quantitative estimate of drug-likeness (QED) is 0.161. The van der Waals surface area contributed by atoms with Crippen molar-refractivity contribution in [1.82, 2.24) is 4.98 Å². The average Bonchev–Trinajstić information content (AvgIpc) is 3.22. The van der Waals surface area contributed by atoms with Crippen LogP contribution < -0.4 is 10.6 Å². The molecule has 13 heteroatoms. The lowest BCUT2D eigenvalue weighted by Crippen LogP contribution is -2.17. The zero-order valence-electron chi connectivity index (χ0n) is 22.0. The summed E-state index contributed by atoms with van der Waals surface area (Å²) >= 11 is 1.02. The van der Waals surface area contributed by atoms with E-state index in [1.165, 1.54) is 13.8 Å². The third-order valence-electron chi connectivity index (χ3n) is 5.06. The summed E-state index contributed by atoms with van der Waals surface area (Å²) in [5, 5.41) is 43.4. The van der Waals surface area contributed by atoms with Gasteiger partial charge in [-0.05, 0) is 33.3 Å². The van der Waals surface area contributed by atoms with E-state index < -0.39 is 11.9 Å². The number of thiophene rings is 1. The zero-order valence-corrected chi connectivity index (χ0v) is 22.8. The van der Waals surface area contributed by atoms with Crippen LogP contribution in [0.5, 0.6) is 0 Å². The van der Waals surface area contributed by atoms with Crippen molar-refractivity contribution in [3.8, 4) is 18.2 Å². The second-order valence-corrected chi connectivity index (χ2v) is 9.11. The molecule has 0 aromatic carbocycles. The van der Waals surface area contributed by atoms with Crippen molar-refractivity contribution in [1.29, 1.82) is 15.8 Å². The zero-order chi connectivity index (χ0) is 29.1. The Morgan fingerprint density at radius 1 is 0.872 bits per heavy atom. The van der Waals surface area contributed by atoms with E-state index >= 15 is 0 Å². The number of pyridine rings is 1. The molecule has 200 valence electrons. The predicted octanol–water partition coefficient (Wildman–Crippen LogP) is 4.85. The standard InChI is InChI=1S/C26H26N8O4S/c1-14(2)25(35)37-9-7-30-22-18(11-27)17(6)21(23(32-22)31-8-10-38-26(36)15(3)4)33-34-24-19(12-28)16(5)20(13-29)39-24/h1,3,7-10H2,2,4-6H3,(H2,30,31,32)/b34-33+. The van der Waals surface area contributed by atoms with Gasteiger partial charge in [0.05, 0.1) is 24.2 Å². The van der Waals surface area contributed by atoms with E-state index in [0.717, 1.165) is 11.3 Å². The highest BCUT2D eigenvalue weighted by molar-refractivity contribution is 7.16. The van der Waals surface area contributed by atoms with Crippen LogP contribution in [0, 0.1) is 47.8 Å². The molecule has 0 spiro atoms. The van der Waals surface area contributed by atoms with Crippen molar-refractivity contribution in [3.05, 3.63) is 51.4 Å². The maximum absolute atomic E-state index is 11.7. The molecule has 0 saturated heterocycles. The Kier molecular flexibility index (Phi) is 10.9. The maximum atomic E-state index is 11.7. The number of esters is 2. The van der Waals surface area contributed by atoms with Crippen molar-refractivity contribution in [2.45, 2.75) is 27.7 Å². The van der Waals surface area contributed by atoms with Crippen LogP contribution in [0.3, 0.4) is 0 Å². The monoisotopic (exact) mass is 546 g/mol. The molecule has 2 aromatic heterocycles. The Bertz CT molecular complexity index is 1470. The van der Waals surface area contributed by atoms with Crippen molar-refractivity contribution in [2.24, 2.45) is 10.2 Å². The van der Waals surface area contributed by atoms with Crippen LogP contribution in [-0.4, -0.2) is 43.2 Å². The molecule has 12 nitrogen and oxygen atoms in total. The van der Waals surface area contributed by atoms with Crippen molar-refractivity contribution in [2.75, 3.05) is 36.9 Å². The van der Waals surface area contributed by atoms with Gasteiger partial charge in [0.25, 0.3) is 0 Å². The Morgan fingerprint density at radius 2 is 1.41 bits per heavy atom. The van der Waals surface area contributed by atoms with E-state index in [9.17, 15) is 25.4 Å². The molecule has 2 N–H and O–H groups in total. The lowest BCUT2D eigenvalue weighted by molar-refractivity contribution is -0.139. The molecule has 0 atom stereocenters. The average molecular weight is 547 g/mol.